The summed E-state index contributed by atoms with van der Waals surface area (Å²) in [5.74, 6) is -0.00815. The zero-order valence-electron chi connectivity index (χ0n) is 7.23. The van der Waals surface area contributed by atoms with Crippen LogP contribution in [-0.4, -0.2) is 15.3 Å². The van der Waals surface area contributed by atoms with Crippen LogP contribution in [0.3, 0.4) is 0 Å². The fourth-order valence-electron chi connectivity index (χ4n) is 1.21. The summed E-state index contributed by atoms with van der Waals surface area (Å²) >= 11 is 0. The quantitative estimate of drug-likeness (QED) is 0.709. The van der Waals surface area contributed by atoms with Crippen molar-refractivity contribution < 1.29 is 5.11 Å². The number of rotatable bonds is 1. The van der Waals surface area contributed by atoms with Crippen LogP contribution >= 0.6 is 0 Å². The second kappa shape index (κ2) is 3.23. The molecule has 68 valence electrons. The minimum Gasteiger partial charge on any atom is -0.507 e. The predicted molar refractivity (Wildman–Crippen MR) is 50.4 cm³/mol. The molecular weight excluding hydrogens is 178 g/mol. The third-order valence-corrected chi connectivity index (χ3v) is 1.95. The van der Waals surface area contributed by atoms with Crippen molar-refractivity contribution in [2.75, 3.05) is 0 Å². The Labute approximate surface area is 80.4 Å². The van der Waals surface area contributed by atoms with Gasteiger partial charge in [0.25, 0.3) is 0 Å². The number of H-pyrrole nitrogens is 1. The first-order valence-electron chi connectivity index (χ1n) is 4.03. The number of aromatic nitrogens is 2. The number of phenolic OH excluding ortho intramolecular Hbond substituents is 1. The van der Waals surface area contributed by atoms with E-state index >= 15 is 0 Å². The molecule has 1 aromatic carbocycles. The highest BCUT2D eigenvalue weighted by Gasteiger charge is 2.03. The van der Waals surface area contributed by atoms with E-state index in [1.54, 1.807) is 30.6 Å². The van der Waals surface area contributed by atoms with Gasteiger partial charge >= 0.3 is 0 Å². The average molecular weight is 185 g/mol. The Morgan fingerprint density at radius 2 is 2.21 bits per heavy atom. The first kappa shape index (κ1) is 8.32. The van der Waals surface area contributed by atoms with Crippen LogP contribution in [0.4, 0.5) is 0 Å². The van der Waals surface area contributed by atoms with Gasteiger partial charge in [0.1, 0.15) is 11.8 Å². The largest absolute Gasteiger partial charge is 0.507 e. The Bertz CT molecular complexity index is 483. The van der Waals surface area contributed by atoms with Crippen LogP contribution in [0.5, 0.6) is 5.75 Å². The van der Waals surface area contributed by atoms with Crippen LogP contribution < -0.4 is 0 Å². The first-order chi connectivity index (χ1) is 6.81. The molecular formula is C10H7N3O. The molecule has 1 heterocycles. The smallest absolute Gasteiger partial charge is 0.133 e. The van der Waals surface area contributed by atoms with Crippen molar-refractivity contribution in [3.63, 3.8) is 0 Å². The van der Waals surface area contributed by atoms with Crippen LogP contribution in [0.1, 0.15) is 5.56 Å². The highest BCUT2D eigenvalue weighted by atomic mass is 16.3. The van der Waals surface area contributed by atoms with Crippen molar-refractivity contribution in [2.45, 2.75) is 0 Å². The number of aromatic hydroxyl groups is 1. The molecule has 14 heavy (non-hydrogen) atoms. The Balaban J connectivity index is 2.49. The molecule has 0 radical (unpaired) electrons. The van der Waals surface area contributed by atoms with Gasteiger partial charge in [0, 0.05) is 11.8 Å². The van der Waals surface area contributed by atoms with Crippen LogP contribution in [0.25, 0.3) is 11.1 Å². The number of benzene rings is 1. The van der Waals surface area contributed by atoms with Crippen molar-refractivity contribution in [3.05, 3.63) is 36.2 Å². The number of phenols is 1. The molecule has 0 spiro atoms. The molecule has 0 aliphatic rings. The molecule has 0 amide bonds. The number of aromatic amines is 1. The van der Waals surface area contributed by atoms with Crippen molar-refractivity contribution >= 4 is 0 Å². The second-order valence-corrected chi connectivity index (χ2v) is 2.83. The molecule has 4 heteroatoms. The number of hydrogen-bond acceptors (Lipinski definition) is 3. The molecule has 2 N–H and O–H groups in total. The second-order valence-electron chi connectivity index (χ2n) is 2.83. The Hall–Kier alpha value is -2.28. The fraction of sp³-hybridized carbons (Fsp3) is 0. The maximum Gasteiger partial charge on any atom is 0.133 e. The van der Waals surface area contributed by atoms with E-state index in [-0.39, 0.29) is 11.3 Å². The lowest BCUT2D eigenvalue weighted by Crippen LogP contribution is -1.78. The van der Waals surface area contributed by atoms with E-state index in [0.29, 0.717) is 0 Å². The first-order valence-corrected chi connectivity index (χ1v) is 4.03. The molecule has 1 aromatic heterocycles. The van der Waals surface area contributed by atoms with E-state index in [2.05, 4.69) is 10.2 Å². The molecule has 0 fully saturated rings. The molecule has 0 bridgehead atoms. The van der Waals surface area contributed by atoms with Gasteiger partial charge in [-0.15, -0.1) is 0 Å². The van der Waals surface area contributed by atoms with Gasteiger partial charge in [-0.3, -0.25) is 5.10 Å². The van der Waals surface area contributed by atoms with E-state index in [1.807, 2.05) is 6.07 Å². The van der Waals surface area contributed by atoms with Crippen LogP contribution in [0, 0.1) is 11.3 Å². The van der Waals surface area contributed by atoms with Crippen LogP contribution in [0.15, 0.2) is 30.6 Å². The zero-order valence-corrected chi connectivity index (χ0v) is 7.23. The lowest BCUT2D eigenvalue weighted by molar-refractivity contribution is 0.474. The predicted octanol–water partition coefficient (Wildman–Crippen LogP) is 1.65. The topological polar surface area (TPSA) is 72.7 Å². The summed E-state index contributed by atoms with van der Waals surface area (Å²) in [6, 6.07) is 6.79. The maximum absolute atomic E-state index is 9.44. The molecule has 0 unspecified atom stereocenters. The van der Waals surface area contributed by atoms with E-state index in [4.69, 9.17) is 5.26 Å². The minimum absolute atomic E-state index is 0.00815. The minimum atomic E-state index is -0.00815. The average Bonchev–Trinajstić information content (AvgIpc) is 2.70. The lowest BCUT2D eigenvalue weighted by Gasteiger charge is -1.99. The Morgan fingerprint density at radius 3 is 2.79 bits per heavy atom. The lowest BCUT2D eigenvalue weighted by atomic mass is 10.1. The molecule has 0 saturated carbocycles. The summed E-state index contributed by atoms with van der Waals surface area (Å²) in [7, 11) is 0. The maximum atomic E-state index is 9.44. The van der Waals surface area contributed by atoms with Crippen molar-refractivity contribution in [1.82, 2.24) is 10.2 Å². The van der Waals surface area contributed by atoms with Crippen molar-refractivity contribution in [3.8, 4) is 22.9 Å². The summed E-state index contributed by atoms with van der Waals surface area (Å²) in [5.41, 5.74) is 1.98. The van der Waals surface area contributed by atoms with Crippen molar-refractivity contribution in [1.29, 1.82) is 5.26 Å². The van der Waals surface area contributed by atoms with Gasteiger partial charge in [-0.25, -0.2) is 0 Å². The van der Waals surface area contributed by atoms with E-state index in [9.17, 15) is 5.11 Å². The SMILES string of the molecule is N#Cc1ccc(-c2cn[nH]c2)cc1O. The summed E-state index contributed by atoms with van der Waals surface area (Å²) in [6.45, 7) is 0. The van der Waals surface area contributed by atoms with Crippen molar-refractivity contribution in [2.24, 2.45) is 0 Å². The fourth-order valence-corrected chi connectivity index (χ4v) is 1.21. The standard InChI is InChI=1S/C10H7N3O/c11-4-8-2-1-7(3-10(8)14)9-5-12-13-6-9/h1-3,5-6,14H,(H,12,13). The summed E-state index contributed by atoms with van der Waals surface area (Å²) in [6.07, 6.45) is 3.38. The Kier molecular flexibility index (Phi) is 1.92. The molecule has 0 atom stereocenters. The Morgan fingerprint density at radius 1 is 1.36 bits per heavy atom. The van der Waals surface area contributed by atoms with Gasteiger partial charge in [0.2, 0.25) is 0 Å². The number of hydrogen-bond donors (Lipinski definition) is 2. The van der Waals surface area contributed by atoms with E-state index in [1.165, 1.54) is 0 Å². The van der Waals surface area contributed by atoms with Gasteiger partial charge in [-0.1, -0.05) is 6.07 Å². The normalized spacial score (nSPS) is 9.64. The molecule has 0 aliphatic carbocycles. The molecule has 4 nitrogen and oxygen atoms in total. The highest BCUT2D eigenvalue weighted by Crippen LogP contribution is 2.24. The zero-order chi connectivity index (χ0) is 9.97. The van der Waals surface area contributed by atoms with E-state index in [0.717, 1.165) is 11.1 Å². The number of nitriles is 1. The van der Waals surface area contributed by atoms with Crippen LogP contribution in [0.2, 0.25) is 0 Å². The van der Waals surface area contributed by atoms with Gasteiger partial charge in [-0.2, -0.15) is 10.4 Å². The molecule has 2 rings (SSSR count). The molecule has 0 saturated heterocycles. The summed E-state index contributed by atoms with van der Waals surface area (Å²) in [5, 5.41) is 24.5. The van der Waals surface area contributed by atoms with Gasteiger partial charge < -0.3 is 5.11 Å². The number of nitrogens with one attached hydrogen (secondary N) is 1. The van der Waals surface area contributed by atoms with Gasteiger partial charge in [0.05, 0.1) is 11.8 Å². The van der Waals surface area contributed by atoms with E-state index < -0.39 is 0 Å². The highest BCUT2D eigenvalue weighted by molar-refractivity contribution is 5.65. The summed E-state index contributed by atoms with van der Waals surface area (Å²) in [4.78, 5) is 0. The third-order valence-electron chi connectivity index (χ3n) is 1.95. The number of nitrogens with zero attached hydrogens (tertiary/aromatic N) is 2. The molecule has 2 aromatic rings. The third kappa shape index (κ3) is 1.31. The molecule has 0 aliphatic heterocycles. The van der Waals surface area contributed by atoms with Crippen LogP contribution in [-0.2, 0) is 0 Å². The van der Waals surface area contributed by atoms with Gasteiger partial charge in [0.15, 0.2) is 0 Å². The monoisotopic (exact) mass is 185 g/mol. The van der Waals surface area contributed by atoms with Gasteiger partial charge in [-0.05, 0) is 17.7 Å². The summed E-state index contributed by atoms with van der Waals surface area (Å²) < 4.78 is 0.